The van der Waals surface area contributed by atoms with Gasteiger partial charge in [0, 0.05) is 23.0 Å². The van der Waals surface area contributed by atoms with Crippen LogP contribution in [0.1, 0.15) is 6.42 Å². The number of hydrogen-bond donors (Lipinski definition) is 2. The number of nitro benzene ring substituents is 1. The fourth-order valence-corrected chi connectivity index (χ4v) is 2.91. The molecule has 2 rings (SSSR count). The number of anilines is 1. The number of aliphatic imine (C=N–C) groups is 1. The number of benzene rings is 1. The maximum absolute atomic E-state index is 11.9. The predicted octanol–water partition coefficient (Wildman–Crippen LogP) is 1.64. The summed E-state index contributed by atoms with van der Waals surface area (Å²) < 4.78 is 0.381. The van der Waals surface area contributed by atoms with E-state index in [9.17, 15) is 19.7 Å². The van der Waals surface area contributed by atoms with E-state index in [0.29, 0.717) is 10.2 Å². The van der Waals surface area contributed by atoms with Gasteiger partial charge >= 0.3 is 0 Å². The highest BCUT2D eigenvalue weighted by Gasteiger charge is 2.29. The standard InChI is InChI=1S/C11H9BrN4O4S/c12-6-3-5(16(19)20)1-2-7(6)14-9(17)4-8-10(18)15-11(13)21-8/h1-3,8H,4H2,(H,14,17)(H2,13,15,18)/t8-/m0/s1. The number of carbonyl (C=O) groups is 2. The van der Waals surface area contributed by atoms with Gasteiger partial charge in [0.15, 0.2) is 5.17 Å². The van der Waals surface area contributed by atoms with Gasteiger partial charge in [0.2, 0.25) is 5.91 Å². The fourth-order valence-electron chi connectivity index (χ4n) is 1.62. The second-order valence-corrected chi connectivity index (χ2v) is 6.15. The first kappa shape index (κ1) is 15.4. The molecule has 1 aliphatic rings. The molecule has 3 N–H and O–H groups in total. The number of carbonyl (C=O) groups excluding carboxylic acids is 2. The zero-order valence-electron chi connectivity index (χ0n) is 10.4. The number of thioether (sulfide) groups is 1. The highest BCUT2D eigenvalue weighted by Crippen LogP contribution is 2.28. The highest BCUT2D eigenvalue weighted by atomic mass is 79.9. The monoisotopic (exact) mass is 372 g/mol. The van der Waals surface area contributed by atoms with Gasteiger partial charge in [-0.15, -0.1) is 0 Å². The van der Waals surface area contributed by atoms with Gasteiger partial charge < -0.3 is 11.1 Å². The largest absolute Gasteiger partial charge is 0.378 e. The SMILES string of the molecule is NC1=NC(=O)[C@H](CC(=O)Nc2ccc([N+](=O)[O-])cc2Br)S1. The highest BCUT2D eigenvalue weighted by molar-refractivity contribution is 9.10. The van der Waals surface area contributed by atoms with Crippen LogP contribution in [0.3, 0.4) is 0 Å². The van der Waals surface area contributed by atoms with Gasteiger partial charge in [-0.05, 0) is 22.0 Å². The van der Waals surface area contributed by atoms with Crippen LogP contribution in [0.5, 0.6) is 0 Å². The van der Waals surface area contributed by atoms with Crippen molar-refractivity contribution in [2.75, 3.05) is 5.32 Å². The Balaban J connectivity index is 2.00. The number of non-ortho nitro benzene ring substituents is 1. The summed E-state index contributed by atoms with van der Waals surface area (Å²) in [7, 11) is 0. The molecule has 1 atom stereocenters. The van der Waals surface area contributed by atoms with Gasteiger partial charge in [0.1, 0.15) is 5.25 Å². The number of amidine groups is 1. The van der Waals surface area contributed by atoms with Crippen LogP contribution in [-0.4, -0.2) is 27.2 Å². The van der Waals surface area contributed by atoms with E-state index >= 15 is 0 Å². The quantitative estimate of drug-likeness (QED) is 0.610. The van der Waals surface area contributed by atoms with Crippen molar-refractivity contribution >= 4 is 56.0 Å². The zero-order chi connectivity index (χ0) is 15.6. The average molecular weight is 373 g/mol. The van der Waals surface area contributed by atoms with Crippen molar-refractivity contribution in [3.63, 3.8) is 0 Å². The molecule has 1 heterocycles. The van der Waals surface area contributed by atoms with E-state index in [0.717, 1.165) is 11.8 Å². The van der Waals surface area contributed by atoms with Gasteiger partial charge in [-0.3, -0.25) is 19.7 Å². The average Bonchev–Trinajstić information content (AvgIpc) is 2.70. The maximum Gasteiger partial charge on any atom is 0.270 e. The van der Waals surface area contributed by atoms with Crippen LogP contribution in [0.15, 0.2) is 27.7 Å². The first-order chi connectivity index (χ1) is 9.86. The lowest BCUT2D eigenvalue weighted by atomic mass is 10.2. The Bertz CT molecular complexity index is 664. The Kier molecular flexibility index (Phi) is 4.58. The van der Waals surface area contributed by atoms with Crippen LogP contribution in [0.2, 0.25) is 0 Å². The van der Waals surface area contributed by atoms with E-state index in [2.05, 4.69) is 26.2 Å². The van der Waals surface area contributed by atoms with Gasteiger partial charge in [-0.2, -0.15) is 4.99 Å². The summed E-state index contributed by atoms with van der Waals surface area (Å²) in [4.78, 5) is 36.9. The summed E-state index contributed by atoms with van der Waals surface area (Å²) in [6, 6.07) is 3.97. The van der Waals surface area contributed by atoms with Crippen LogP contribution in [-0.2, 0) is 9.59 Å². The Morgan fingerprint density at radius 2 is 2.29 bits per heavy atom. The van der Waals surface area contributed by atoms with Crippen molar-refractivity contribution < 1.29 is 14.5 Å². The summed E-state index contributed by atoms with van der Waals surface area (Å²) in [5.74, 6) is -0.837. The Morgan fingerprint density at radius 1 is 1.57 bits per heavy atom. The molecule has 0 aliphatic carbocycles. The third-order valence-corrected chi connectivity index (χ3v) is 4.21. The molecule has 0 bridgehead atoms. The van der Waals surface area contributed by atoms with E-state index in [1.807, 2.05) is 0 Å². The van der Waals surface area contributed by atoms with Crippen molar-refractivity contribution in [2.24, 2.45) is 10.7 Å². The van der Waals surface area contributed by atoms with E-state index < -0.39 is 22.0 Å². The van der Waals surface area contributed by atoms with Gasteiger partial charge in [-0.25, -0.2) is 0 Å². The molecule has 0 saturated heterocycles. The van der Waals surface area contributed by atoms with Crippen molar-refractivity contribution in [1.82, 2.24) is 0 Å². The molecular formula is C11H9BrN4O4S. The van der Waals surface area contributed by atoms with Crippen molar-refractivity contribution in [3.8, 4) is 0 Å². The van der Waals surface area contributed by atoms with Crippen LogP contribution < -0.4 is 11.1 Å². The fraction of sp³-hybridized carbons (Fsp3) is 0.182. The second-order valence-electron chi connectivity index (χ2n) is 4.07. The Morgan fingerprint density at radius 3 is 2.81 bits per heavy atom. The maximum atomic E-state index is 11.9. The van der Waals surface area contributed by atoms with E-state index in [1.54, 1.807) is 0 Å². The molecule has 0 unspecified atom stereocenters. The topological polar surface area (TPSA) is 128 Å². The van der Waals surface area contributed by atoms with Crippen molar-refractivity contribution in [1.29, 1.82) is 0 Å². The summed E-state index contributed by atoms with van der Waals surface area (Å²) >= 11 is 4.18. The number of nitrogens with two attached hydrogens (primary N) is 1. The zero-order valence-corrected chi connectivity index (χ0v) is 12.8. The molecule has 0 saturated carbocycles. The van der Waals surface area contributed by atoms with E-state index in [-0.39, 0.29) is 17.3 Å². The third-order valence-electron chi connectivity index (χ3n) is 2.57. The van der Waals surface area contributed by atoms with Gasteiger partial charge in [0.05, 0.1) is 10.6 Å². The molecule has 1 aromatic rings. The van der Waals surface area contributed by atoms with Crippen LogP contribution in [0.4, 0.5) is 11.4 Å². The molecule has 8 nitrogen and oxygen atoms in total. The molecule has 0 spiro atoms. The number of hydrogen-bond acceptors (Lipinski definition) is 6. The minimum Gasteiger partial charge on any atom is -0.378 e. The number of nitrogens with one attached hydrogen (secondary N) is 1. The van der Waals surface area contributed by atoms with Crippen molar-refractivity contribution in [3.05, 3.63) is 32.8 Å². The third kappa shape index (κ3) is 3.79. The summed E-state index contributed by atoms with van der Waals surface area (Å²) in [6.45, 7) is 0. The summed E-state index contributed by atoms with van der Waals surface area (Å²) in [6.07, 6.45) is -0.0723. The molecular weight excluding hydrogens is 364 g/mol. The molecule has 1 aromatic carbocycles. The van der Waals surface area contributed by atoms with Crippen LogP contribution >= 0.6 is 27.7 Å². The van der Waals surface area contributed by atoms with E-state index in [4.69, 9.17) is 5.73 Å². The molecule has 2 amide bonds. The molecule has 1 aliphatic heterocycles. The number of amides is 2. The summed E-state index contributed by atoms with van der Waals surface area (Å²) in [5.41, 5.74) is 5.69. The molecule has 110 valence electrons. The summed E-state index contributed by atoms with van der Waals surface area (Å²) in [5, 5.41) is 12.7. The minimum absolute atomic E-state index is 0.0723. The van der Waals surface area contributed by atoms with Gasteiger partial charge in [-0.1, -0.05) is 11.8 Å². The molecule has 0 radical (unpaired) electrons. The van der Waals surface area contributed by atoms with Crippen LogP contribution in [0.25, 0.3) is 0 Å². The lowest BCUT2D eigenvalue weighted by Gasteiger charge is -2.09. The van der Waals surface area contributed by atoms with E-state index in [1.165, 1.54) is 18.2 Å². The first-order valence-electron chi connectivity index (χ1n) is 5.65. The van der Waals surface area contributed by atoms with Crippen molar-refractivity contribution in [2.45, 2.75) is 11.7 Å². The van der Waals surface area contributed by atoms with Gasteiger partial charge in [0.25, 0.3) is 11.6 Å². The lowest BCUT2D eigenvalue weighted by molar-refractivity contribution is -0.384. The predicted molar refractivity (Wildman–Crippen MR) is 82.1 cm³/mol. The number of halogens is 1. The lowest BCUT2D eigenvalue weighted by Crippen LogP contribution is -2.21. The van der Waals surface area contributed by atoms with Crippen LogP contribution in [0, 0.1) is 10.1 Å². The minimum atomic E-state index is -0.623. The smallest absolute Gasteiger partial charge is 0.270 e. The normalized spacial score (nSPS) is 17.5. The molecule has 0 fully saturated rings. The second kappa shape index (κ2) is 6.22. The number of rotatable bonds is 4. The first-order valence-corrected chi connectivity index (χ1v) is 7.32. The number of nitro groups is 1. The molecule has 21 heavy (non-hydrogen) atoms. The molecule has 0 aromatic heterocycles. The molecule has 10 heteroatoms. The Labute approximate surface area is 131 Å². The number of nitrogens with zero attached hydrogens (tertiary/aromatic N) is 2. The Hall–Kier alpha value is -1.94.